The van der Waals surface area contributed by atoms with E-state index in [1.54, 1.807) is 11.1 Å². The summed E-state index contributed by atoms with van der Waals surface area (Å²) in [5.74, 6) is 0. The van der Waals surface area contributed by atoms with E-state index in [-0.39, 0.29) is 0 Å². The molecule has 0 aliphatic heterocycles. The lowest BCUT2D eigenvalue weighted by Crippen LogP contribution is -1.93. The number of alkyl halides is 1. The first-order valence-electron chi connectivity index (χ1n) is 4.40. The van der Waals surface area contributed by atoms with Gasteiger partial charge >= 0.3 is 0 Å². The SMILES string of the molecule is Cc1cc(C)c2c(c1)CC(I)C2. The van der Waals surface area contributed by atoms with Gasteiger partial charge < -0.3 is 0 Å². The molecular formula is C11H13I. The molecule has 0 N–H and O–H groups in total. The summed E-state index contributed by atoms with van der Waals surface area (Å²) in [7, 11) is 0. The minimum Gasteiger partial charge on any atom is -0.0819 e. The van der Waals surface area contributed by atoms with Crippen molar-refractivity contribution in [2.45, 2.75) is 30.6 Å². The standard InChI is InChI=1S/C11H13I/c1-7-3-8(2)11-6-10(12)5-9(11)4-7/h3-4,10H,5-6H2,1-2H3. The van der Waals surface area contributed by atoms with Gasteiger partial charge in [0.1, 0.15) is 0 Å². The smallest absolute Gasteiger partial charge is 0.0191 e. The van der Waals surface area contributed by atoms with E-state index in [2.05, 4.69) is 48.6 Å². The Hall–Kier alpha value is -0.0500. The number of aryl methyl sites for hydroxylation is 2. The maximum Gasteiger partial charge on any atom is 0.0191 e. The lowest BCUT2D eigenvalue weighted by atomic mass is 10.0. The highest BCUT2D eigenvalue weighted by Crippen LogP contribution is 2.30. The van der Waals surface area contributed by atoms with Crippen LogP contribution in [0.15, 0.2) is 12.1 Å². The van der Waals surface area contributed by atoms with E-state index in [0.29, 0.717) is 0 Å². The van der Waals surface area contributed by atoms with Crippen molar-refractivity contribution in [3.8, 4) is 0 Å². The van der Waals surface area contributed by atoms with Gasteiger partial charge in [-0.05, 0) is 43.4 Å². The number of rotatable bonds is 0. The normalized spacial score (nSPS) is 21.1. The zero-order valence-corrected chi connectivity index (χ0v) is 9.68. The second-order valence-electron chi connectivity index (χ2n) is 3.73. The van der Waals surface area contributed by atoms with Crippen LogP contribution in [0, 0.1) is 13.8 Å². The minimum atomic E-state index is 0.832. The number of hydrogen-bond acceptors (Lipinski definition) is 0. The van der Waals surface area contributed by atoms with Gasteiger partial charge in [-0.2, -0.15) is 0 Å². The highest BCUT2D eigenvalue weighted by Gasteiger charge is 2.20. The van der Waals surface area contributed by atoms with E-state index >= 15 is 0 Å². The minimum absolute atomic E-state index is 0.832. The summed E-state index contributed by atoms with van der Waals surface area (Å²) in [5.41, 5.74) is 6.10. The van der Waals surface area contributed by atoms with E-state index in [0.717, 1.165) is 3.92 Å². The van der Waals surface area contributed by atoms with Gasteiger partial charge in [-0.15, -0.1) is 0 Å². The predicted octanol–water partition coefficient (Wildman–Crippen LogP) is 3.21. The first-order chi connectivity index (χ1) is 5.66. The van der Waals surface area contributed by atoms with Crippen molar-refractivity contribution >= 4 is 22.6 Å². The largest absolute Gasteiger partial charge is 0.0819 e. The van der Waals surface area contributed by atoms with E-state index in [1.807, 2.05) is 0 Å². The first kappa shape index (κ1) is 8.54. The zero-order valence-electron chi connectivity index (χ0n) is 7.52. The van der Waals surface area contributed by atoms with Crippen molar-refractivity contribution in [1.82, 2.24) is 0 Å². The summed E-state index contributed by atoms with van der Waals surface area (Å²) in [6.07, 6.45) is 2.56. The third kappa shape index (κ3) is 1.39. The molecule has 0 aromatic heterocycles. The van der Waals surface area contributed by atoms with Gasteiger partial charge in [0.2, 0.25) is 0 Å². The third-order valence-electron chi connectivity index (χ3n) is 2.58. The fourth-order valence-corrected chi connectivity index (χ4v) is 3.01. The van der Waals surface area contributed by atoms with Crippen molar-refractivity contribution in [1.29, 1.82) is 0 Å². The first-order valence-corrected chi connectivity index (χ1v) is 5.64. The molecule has 1 aromatic carbocycles. The van der Waals surface area contributed by atoms with Crippen LogP contribution in [0.5, 0.6) is 0 Å². The predicted molar refractivity (Wildman–Crippen MR) is 61.1 cm³/mol. The molecule has 0 radical (unpaired) electrons. The number of halogens is 1. The summed E-state index contributed by atoms with van der Waals surface area (Å²) < 4.78 is 0.832. The Morgan fingerprint density at radius 3 is 2.75 bits per heavy atom. The Bertz CT molecular complexity index is 315. The van der Waals surface area contributed by atoms with Gasteiger partial charge in [0, 0.05) is 3.92 Å². The van der Waals surface area contributed by atoms with Crippen molar-refractivity contribution < 1.29 is 0 Å². The van der Waals surface area contributed by atoms with Crippen molar-refractivity contribution in [2.75, 3.05) is 0 Å². The molecule has 0 spiro atoms. The molecule has 0 heterocycles. The Morgan fingerprint density at radius 2 is 2.00 bits per heavy atom. The lowest BCUT2D eigenvalue weighted by Gasteiger charge is -2.04. The fraction of sp³-hybridized carbons (Fsp3) is 0.455. The second-order valence-corrected chi connectivity index (χ2v) is 5.49. The summed E-state index contributed by atoms with van der Waals surface area (Å²) >= 11 is 2.56. The zero-order chi connectivity index (χ0) is 8.72. The molecule has 0 bridgehead atoms. The molecule has 0 saturated carbocycles. The van der Waals surface area contributed by atoms with Crippen molar-refractivity contribution in [2.24, 2.45) is 0 Å². The molecule has 64 valence electrons. The van der Waals surface area contributed by atoms with E-state index in [1.165, 1.54) is 24.0 Å². The second kappa shape index (κ2) is 3.02. The van der Waals surface area contributed by atoms with Crippen LogP contribution in [-0.4, -0.2) is 3.92 Å². The Kier molecular flexibility index (Phi) is 2.15. The van der Waals surface area contributed by atoms with Crippen LogP contribution < -0.4 is 0 Å². The molecule has 1 aromatic rings. The number of hydrogen-bond donors (Lipinski definition) is 0. The van der Waals surface area contributed by atoms with Crippen molar-refractivity contribution in [3.63, 3.8) is 0 Å². The fourth-order valence-electron chi connectivity index (χ4n) is 2.09. The van der Waals surface area contributed by atoms with E-state index in [9.17, 15) is 0 Å². The van der Waals surface area contributed by atoms with Crippen LogP contribution in [-0.2, 0) is 12.8 Å². The van der Waals surface area contributed by atoms with Gasteiger partial charge in [0.15, 0.2) is 0 Å². The highest BCUT2D eigenvalue weighted by atomic mass is 127. The summed E-state index contributed by atoms with van der Waals surface area (Å²) in [6.45, 7) is 4.42. The van der Waals surface area contributed by atoms with Crippen LogP contribution in [0.2, 0.25) is 0 Å². The maximum atomic E-state index is 2.56. The van der Waals surface area contributed by atoms with Gasteiger partial charge in [-0.1, -0.05) is 40.3 Å². The molecule has 1 aliphatic rings. The molecule has 1 atom stereocenters. The average Bonchev–Trinajstić information content (AvgIpc) is 2.29. The van der Waals surface area contributed by atoms with Crippen LogP contribution in [0.3, 0.4) is 0 Å². The quantitative estimate of drug-likeness (QED) is 0.502. The molecule has 0 amide bonds. The maximum absolute atomic E-state index is 2.56. The molecule has 0 saturated heterocycles. The number of benzene rings is 1. The van der Waals surface area contributed by atoms with Crippen molar-refractivity contribution in [3.05, 3.63) is 34.4 Å². The van der Waals surface area contributed by atoms with Crippen LogP contribution in [0.1, 0.15) is 22.3 Å². The lowest BCUT2D eigenvalue weighted by molar-refractivity contribution is 0.969. The van der Waals surface area contributed by atoms with E-state index in [4.69, 9.17) is 0 Å². The average molecular weight is 272 g/mol. The Morgan fingerprint density at radius 1 is 1.25 bits per heavy atom. The molecule has 1 unspecified atom stereocenters. The van der Waals surface area contributed by atoms with Crippen LogP contribution in [0.4, 0.5) is 0 Å². The molecule has 0 nitrogen and oxygen atoms in total. The number of fused-ring (bicyclic) bond motifs is 1. The topological polar surface area (TPSA) is 0 Å². The molecule has 0 fully saturated rings. The van der Waals surface area contributed by atoms with Gasteiger partial charge in [0.05, 0.1) is 0 Å². The molecule has 2 rings (SSSR count). The van der Waals surface area contributed by atoms with E-state index < -0.39 is 0 Å². The Labute approximate surface area is 87.5 Å². The molecule has 1 heteroatoms. The summed E-state index contributed by atoms with van der Waals surface area (Å²) in [4.78, 5) is 0. The summed E-state index contributed by atoms with van der Waals surface area (Å²) in [6, 6.07) is 4.65. The van der Waals surface area contributed by atoms with Gasteiger partial charge in [-0.25, -0.2) is 0 Å². The summed E-state index contributed by atoms with van der Waals surface area (Å²) in [5, 5.41) is 0. The Balaban J connectivity index is 2.52. The van der Waals surface area contributed by atoms with Crippen LogP contribution in [0.25, 0.3) is 0 Å². The van der Waals surface area contributed by atoms with Gasteiger partial charge in [-0.3, -0.25) is 0 Å². The highest BCUT2D eigenvalue weighted by molar-refractivity contribution is 14.1. The monoisotopic (exact) mass is 272 g/mol. The van der Waals surface area contributed by atoms with Gasteiger partial charge in [0.25, 0.3) is 0 Å². The molecule has 1 aliphatic carbocycles. The molecular weight excluding hydrogens is 259 g/mol. The van der Waals surface area contributed by atoms with Crippen LogP contribution >= 0.6 is 22.6 Å². The molecule has 12 heavy (non-hydrogen) atoms. The third-order valence-corrected chi connectivity index (χ3v) is 3.46.